The number of benzene rings is 1. The van der Waals surface area contributed by atoms with E-state index in [0.717, 1.165) is 6.07 Å². The van der Waals surface area contributed by atoms with Gasteiger partial charge in [0.25, 0.3) is 11.6 Å². The number of hydrogen-bond donors (Lipinski definition) is 0. The molecule has 1 aromatic carbocycles. The molecule has 0 atom stereocenters. The highest BCUT2D eigenvalue weighted by Gasteiger charge is 2.28. The number of anilines is 1. The normalized spacial score (nSPS) is 14.3. The van der Waals surface area contributed by atoms with E-state index >= 15 is 0 Å². The van der Waals surface area contributed by atoms with Crippen molar-refractivity contribution in [3.8, 4) is 0 Å². The van der Waals surface area contributed by atoms with Crippen LogP contribution in [0.15, 0.2) is 29.6 Å². The third-order valence-corrected chi connectivity index (χ3v) is 4.87. The second kappa shape index (κ2) is 6.10. The van der Waals surface area contributed by atoms with Gasteiger partial charge in [-0.05, 0) is 23.9 Å². The standard InChI is InChI=1S/C15H11ClN2O4S/c16-11-8-9(18(21)22)3-4-10(11)15(20)17-6-1-2-13(19)14-12(17)5-7-23-14/h3-5,7-8H,1-2,6H2. The Labute approximate surface area is 140 Å². The maximum Gasteiger partial charge on any atom is 0.270 e. The van der Waals surface area contributed by atoms with Gasteiger partial charge in [0, 0.05) is 25.1 Å². The van der Waals surface area contributed by atoms with Gasteiger partial charge in [-0.2, -0.15) is 0 Å². The average molecular weight is 351 g/mol. The van der Waals surface area contributed by atoms with Crippen LogP contribution >= 0.6 is 22.9 Å². The molecule has 0 N–H and O–H groups in total. The molecule has 2 heterocycles. The van der Waals surface area contributed by atoms with Crippen LogP contribution in [-0.4, -0.2) is 23.2 Å². The number of carbonyl (C=O) groups is 2. The molecule has 23 heavy (non-hydrogen) atoms. The molecular formula is C15H11ClN2O4S. The van der Waals surface area contributed by atoms with E-state index in [0.29, 0.717) is 30.0 Å². The zero-order valence-electron chi connectivity index (χ0n) is 11.8. The zero-order valence-corrected chi connectivity index (χ0v) is 13.4. The number of rotatable bonds is 2. The molecule has 1 aromatic heterocycles. The summed E-state index contributed by atoms with van der Waals surface area (Å²) >= 11 is 7.35. The molecule has 1 aliphatic rings. The fourth-order valence-electron chi connectivity index (χ4n) is 2.50. The van der Waals surface area contributed by atoms with Crippen LogP contribution in [0, 0.1) is 10.1 Å². The molecule has 0 unspecified atom stereocenters. The van der Waals surface area contributed by atoms with Gasteiger partial charge in [0.05, 0.1) is 26.1 Å². The van der Waals surface area contributed by atoms with Gasteiger partial charge < -0.3 is 4.90 Å². The monoisotopic (exact) mass is 350 g/mol. The lowest BCUT2D eigenvalue weighted by atomic mass is 10.1. The Balaban J connectivity index is 1.99. The summed E-state index contributed by atoms with van der Waals surface area (Å²) in [6.07, 6.45) is 0.960. The van der Waals surface area contributed by atoms with E-state index in [-0.39, 0.29) is 28.0 Å². The lowest BCUT2D eigenvalue weighted by Crippen LogP contribution is -2.31. The van der Waals surface area contributed by atoms with E-state index in [1.807, 2.05) is 0 Å². The number of thiophene rings is 1. The topological polar surface area (TPSA) is 80.5 Å². The summed E-state index contributed by atoms with van der Waals surface area (Å²) in [5.41, 5.74) is 0.592. The zero-order chi connectivity index (χ0) is 16.6. The number of carbonyl (C=O) groups excluding carboxylic acids is 2. The minimum Gasteiger partial charge on any atom is -0.307 e. The summed E-state index contributed by atoms with van der Waals surface area (Å²) in [7, 11) is 0. The molecule has 0 fully saturated rings. The van der Waals surface area contributed by atoms with Gasteiger partial charge in [-0.1, -0.05) is 11.6 Å². The molecule has 3 rings (SSSR count). The van der Waals surface area contributed by atoms with Crippen molar-refractivity contribution < 1.29 is 14.5 Å². The molecule has 6 nitrogen and oxygen atoms in total. The first-order chi connectivity index (χ1) is 11.0. The van der Waals surface area contributed by atoms with Crippen LogP contribution in [0.3, 0.4) is 0 Å². The summed E-state index contributed by atoms with van der Waals surface area (Å²) < 4.78 is 0. The predicted molar refractivity (Wildman–Crippen MR) is 87.7 cm³/mol. The average Bonchev–Trinajstić information content (AvgIpc) is 2.94. The molecule has 2 aromatic rings. The largest absolute Gasteiger partial charge is 0.307 e. The van der Waals surface area contributed by atoms with E-state index < -0.39 is 4.92 Å². The Morgan fingerprint density at radius 1 is 1.35 bits per heavy atom. The number of Topliss-reactive ketones (excluding diaryl/α,β-unsaturated/α-hetero) is 1. The fraction of sp³-hybridized carbons (Fsp3) is 0.200. The quantitative estimate of drug-likeness (QED) is 0.607. The van der Waals surface area contributed by atoms with Crippen LogP contribution in [0.25, 0.3) is 0 Å². The Bertz CT molecular complexity index is 818. The highest BCUT2D eigenvalue weighted by molar-refractivity contribution is 7.12. The van der Waals surface area contributed by atoms with Crippen LogP contribution in [-0.2, 0) is 0 Å². The van der Waals surface area contributed by atoms with E-state index in [4.69, 9.17) is 11.6 Å². The number of nitro groups is 1. The first-order valence-corrected chi connectivity index (χ1v) is 8.11. The number of halogens is 1. The maximum absolute atomic E-state index is 12.8. The molecular weight excluding hydrogens is 340 g/mol. The molecule has 0 spiro atoms. The molecule has 1 amide bonds. The number of ketones is 1. The Morgan fingerprint density at radius 3 is 2.83 bits per heavy atom. The summed E-state index contributed by atoms with van der Waals surface area (Å²) in [6.45, 7) is 0.404. The van der Waals surface area contributed by atoms with Crippen molar-refractivity contribution in [2.24, 2.45) is 0 Å². The summed E-state index contributed by atoms with van der Waals surface area (Å²) in [6, 6.07) is 5.49. The number of fused-ring (bicyclic) bond motifs is 1. The molecule has 0 saturated carbocycles. The predicted octanol–water partition coefficient (Wildman–Crippen LogP) is 3.93. The Morgan fingerprint density at radius 2 is 2.13 bits per heavy atom. The molecule has 0 saturated heterocycles. The number of nitro benzene ring substituents is 1. The lowest BCUT2D eigenvalue weighted by Gasteiger charge is -2.21. The summed E-state index contributed by atoms with van der Waals surface area (Å²) in [5, 5.41) is 12.6. The van der Waals surface area contributed by atoms with Gasteiger partial charge in [-0.3, -0.25) is 19.7 Å². The highest BCUT2D eigenvalue weighted by atomic mass is 35.5. The molecule has 0 bridgehead atoms. The van der Waals surface area contributed by atoms with Crippen LogP contribution in [0.5, 0.6) is 0 Å². The smallest absolute Gasteiger partial charge is 0.270 e. The van der Waals surface area contributed by atoms with E-state index in [1.54, 1.807) is 11.4 Å². The second-order valence-electron chi connectivity index (χ2n) is 5.04. The number of nitrogens with zero attached hydrogens (tertiary/aromatic N) is 2. The molecule has 8 heteroatoms. The second-order valence-corrected chi connectivity index (χ2v) is 6.36. The molecule has 1 aliphatic heterocycles. The minimum absolute atomic E-state index is 0.0246. The molecule has 0 radical (unpaired) electrons. The van der Waals surface area contributed by atoms with Gasteiger partial charge >= 0.3 is 0 Å². The van der Waals surface area contributed by atoms with Crippen molar-refractivity contribution in [2.45, 2.75) is 12.8 Å². The Kier molecular flexibility index (Phi) is 4.14. The van der Waals surface area contributed by atoms with Crippen molar-refractivity contribution in [2.75, 3.05) is 11.4 Å². The maximum atomic E-state index is 12.8. The number of amides is 1. The molecule has 0 aliphatic carbocycles. The summed E-state index contributed by atoms with van der Waals surface area (Å²) in [4.78, 5) is 37.1. The fourth-order valence-corrected chi connectivity index (χ4v) is 3.62. The van der Waals surface area contributed by atoms with Crippen molar-refractivity contribution in [1.82, 2.24) is 0 Å². The van der Waals surface area contributed by atoms with Crippen LogP contribution in [0.4, 0.5) is 11.4 Å². The van der Waals surface area contributed by atoms with Crippen molar-refractivity contribution in [1.29, 1.82) is 0 Å². The van der Waals surface area contributed by atoms with Crippen LogP contribution in [0.2, 0.25) is 5.02 Å². The highest BCUT2D eigenvalue weighted by Crippen LogP contribution is 2.33. The van der Waals surface area contributed by atoms with Gasteiger partial charge in [0.15, 0.2) is 5.78 Å². The SMILES string of the molecule is O=C1CCCN(C(=O)c2ccc([N+](=O)[O-])cc2Cl)c2ccsc21. The van der Waals surface area contributed by atoms with Crippen LogP contribution < -0.4 is 4.90 Å². The third-order valence-electron chi connectivity index (χ3n) is 3.61. The molecule has 118 valence electrons. The van der Waals surface area contributed by atoms with Gasteiger partial charge in [-0.15, -0.1) is 11.3 Å². The van der Waals surface area contributed by atoms with Crippen LogP contribution in [0.1, 0.15) is 32.9 Å². The number of hydrogen-bond acceptors (Lipinski definition) is 5. The van der Waals surface area contributed by atoms with Gasteiger partial charge in [-0.25, -0.2) is 0 Å². The van der Waals surface area contributed by atoms with Crippen molar-refractivity contribution in [3.63, 3.8) is 0 Å². The lowest BCUT2D eigenvalue weighted by molar-refractivity contribution is -0.384. The first-order valence-electron chi connectivity index (χ1n) is 6.85. The van der Waals surface area contributed by atoms with Crippen molar-refractivity contribution in [3.05, 3.63) is 55.2 Å². The van der Waals surface area contributed by atoms with E-state index in [1.165, 1.54) is 28.4 Å². The van der Waals surface area contributed by atoms with Gasteiger partial charge in [0.1, 0.15) is 0 Å². The summed E-state index contributed by atoms with van der Waals surface area (Å²) in [5.74, 6) is -0.334. The first kappa shape index (κ1) is 15.6. The van der Waals surface area contributed by atoms with E-state index in [2.05, 4.69) is 0 Å². The Hall–Kier alpha value is -2.25. The van der Waals surface area contributed by atoms with E-state index in [9.17, 15) is 19.7 Å². The van der Waals surface area contributed by atoms with Crippen molar-refractivity contribution >= 4 is 46.0 Å². The third kappa shape index (κ3) is 2.85. The number of non-ortho nitro benzene ring substituents is 1. The van der Waals surface area contributed by atoms with Gasteiger partial charge in [0.2, 0.25) is 0 Å². The minimum atomic E-state index is -0.568.